The summed E-state index contributed by atoms with van der Waals surface area (Å²) in [7, 11) is 0. The van der Waals surface area contributed by atoms with Crippen LogP contribution in [0.3, 0.4) is 0 Å². The number of nitrogens with one attached hydrogen (secondary N) is 1. The van der Waals surface area contributed by atoms with E-state index in [2.05, 4.69) is 5.32 Å². The molecule has 1 unspecified atom stereocenters. The van der Waals surface area contributed by atoms with Gasteiger partial charge in [0.25, 0.3) is 0 Å². The Kier molecular flexibility index (Phi) is 1.08. The minimum Gasteiger partial charge on any atom is -0.396 e. The SMILES string of the molecule is OC[C@@]12CCC(C1)NC2. The molecule has 2 heteroatoms. The van der Waals surface area contributed by atoms with E-state index in [1.807, 2.05) is 0 Å². The first-order valence-electron chi connectivity index (χ1n) is 3.69. The highest BCUT2D eigenvalue weighted by Crippen LogP contribution is 2.41. The van der Waals surface area contributed by atoms with E-state index in [-0.39, 0.29) is 0 Å². The lowest BCUT2D eigenvalue weighted by molar-refractivity contribution is 0.144. The summed E-state index contributed by atoms with van der Waals surface area (Å²) in [6.07, 6.45) is 3.73. The molecule has 0 amide bonds. The van der Waals surface area contributed by atoms with Crippen LogP contribution in [-0.2, 0) is 0 Å². The molecule has 1 saturated heterocycles. The average molecular weight is 127 g/mol. The Bertz CT molecular complexity index is 116. The monoisotopic (exact) mass is 127 g/mol. The first-order valence-corrected chi connectivity index (χ1v) is 3.69. The van der Waals surface area contributed by atoms with Gasteiger partial charge in [-0.2, -0.15) is 0 Å². The number of hydrogen-bond donors (Lipinski definition) is 2. The Hall–Kier alpha value is -0.0800. The maximum Gasteiger partial charge on any atom is 0.0500 e. The zero-order valence-electron chi connectivity index (χ0n) is 5.56. The molecule has 1 saturated carbocycles. The minimum absolute atomic E-state index is 0.296. The molecule has 0 aromatic heterocycles. The summed E-state index contributed by atoms with van der Waals surface area (Å²) in [5.41, 5.74) is 0.296. The summed E-state index contributed by atoms with van der Waals surface area (Å²) >= 11 is 0. The summed E-state index contributed by atoms with van der Waals surface area (Å²) < 4.78 is 0. The molecule has 0 aromatic carbocycles. The van der Waals surface area contributed by atoms with Gasteiger partial charge in [0, 0.05) is 24.6 Å². The maximum atomic E-state index is 9.00. The zero-order chi connectivity index (χ0) is 6.32. The quantitative estimate of drug-likeness (QED) is 0.524. The van der Waals surface area contributed by atoms with Crippen LogP contribution >= 0.6 is 0 Å². The predicted octanol–water partition coefficient (Wildman–Crippen LogP) is 0.121. The fourth-order valence-corrected chi connectivity index (χ4v) is 2.10. The first kappa shape index (κ1) is 5.69. The van der Waals surface area contributed by atoms with E-state index in [4.69, 9.17) is 5.11 Å². The normalized spacial score (nSPS) is 48.3. The molecule has 2 aliphatic rings. The van der Waals surface area contributed by atoms with Crippen molar-refractivity contribution in [1.29, 1.82) is 0 Å². The highest BCUT2D eigenvalue weighted by Gasteiger charge is 2.43. The summed E-state index contributed by atoms with van der Waals surface area (Å²) in [4.78, 5) is 0. The molecule has 1 aliphatic carbocycles. The van der Waals surface area contributed by atoms with Crippen LogP contribution in [0.2, 0.25) is 0 Å². The molecular formula is C7H13NO. The maximum absolute atomic E-state index is 9.00. The van der Waals surface area contributed by atoms with Gasteiger partial charge in [0.1, 0.15) is 0 Å². The molecular weight excluding hydrogens is 114 g/mol. The number of rotatable bonds is 1. The smallest absolute Gasteiger partial charge is 0.0500 e. The highest BCUT2D eigenvalue weighted by atomic mass is 16.3. The molecule has 2 rings (SSSR count). The van der Waals surface area contributed by atoms with Crippen molar-refractivity contribution in [3.05, 3.63) is 0 Å². The van der Waals surface area contributed by atoms with Crippen LogP contribution in [0.4, 0.5) is 0 Å². The average Bonchev–Trinajstić information content (AvgIpc) is 2.46. The van der Waals surface area contributed by atoms with E-state index in [0.29, 0.717) is 12.0 Å². The fraction of sp³-hybridized carbons (Fsp3) is 1.00. The van der Waals surface area contributed by atoms with Crippen LogP contribution in [0.25, 0.3) is 0 Å². The summed E-state index contributed by atoms with van der Waals surface area (Å²) in [6.45, 7) is 1.44. The van der Waals surface area contributed by atoms with Crippen LogP contribution in [-0.4, -0.2) is 24.3 Å². The van der Waals surface area contributed by atoms with E-state index in [9.17, 15) is 0 Å². The molecule has 1 heterocycles. The van der Waals surface area contributed by atoms with Crippen LogP contribution < -0.4 is 5.32 Å². The standard InChI is InChI=1S/C7H13NO/c9-5-7-2-1-6(3-7)8-4-7/h6,8-9H,1-5H2/t6?,7-/m0/s1. The van der Waals surface area contributed by atoms with Crippen molar-refractivity contribution in [3.63, 3.8) is 0 Å². The highest BCUT2D eigenvalue weighted by molar-refractivity contribution is 4.99. The van der Waals surface area contributed by atoms with Gasteiger partial charge in [-0.05, 0) is 19.3 Å². The van der Waals surface area contributed by atoms with Gasteiger partial charge >= 0.3 is 0 Å². The van der Waals surface area contributed by atoms with Gasteiger partial charge in [0.05, 0.1) is 0 Å². The number of aliphatic hydroxyl groups is 1. The van der Waals surface area contributed by atoms with Crippen molar-refractivity contribution in [2.45, 2.75) is 25.3 Å². The first-order chi connectivity index (χ1) is 4.35. The van der Waals surface area contributed by atoms with Gasteiger partial charge in [-0.25, -0.2) is 0 Å². The van der Waals surface area contributed by atoms with E-state index < -0.39 is 0 Å². The molecule has 52 valence electrons. The Morgan fingerprint density at radius 2 is 2.56 bits per heavy atom. The van der Waals surface area contributed by atoms with Gasteiger partial charge in [0.2, 0.25) is 0 Å². The Balaban J connectivity index is 2.13. The van der Waals surface area contributed by atoms with Crippen LogP contribution in [0.5, 0.6) is 0 Å². The molecule has 0 radical (unpaired) electrons. The van der Waals surface area contributed by atoms with Gasteiger partial charge < -0.3 is 10.4 Å². The van der Waals surface area contributed by atoms with Crippen molar-refractivity contribution in [1.82, 2.24) is 5.32 Å². The predicted molar refractivity (Wildman–Crippen MR) is 35.2 cm³/mol. The summed E-state index contributed by atoms with van der Waals surface area (Å²) in [6, 6.07) is 0.733. The molecule has 2 fully saturated rings. The van der Waals surface area contributed by atoms with Crippen molar-refractivity contribution >= 4 is 0 Å². The third-order valence-electron chi connectivity index (χ3n) is 2.80. The van der Waals surface area contributed by atoms with Crippen molar-refractivity contribution in [3.8, 4) is 0 Å². The van der Waals surface area contributed by atoms with Crippen LogP contribution in [0, 0.1) is 5.41 Å². The second-order valence-corrected chi connectivity index (χ2v) is 3.48. The van der Waals surface area contributed by atoms with Crippen LogP contribution in [0.15, 0.2) is 0 Å². The van der Waals surface area contributed by atoms with E-state index in [1.54, 1.807) is 0 Å². The van der Waals surface area contributed by atoms with E-state index >= 15 is 0 Å². The summed E-state index contributed by atoms with van der Waals surface area (Å²) in [5.74, 6) is 0. The Labute approximate surface area is 55.3 Å². The molecule has 0 aromatic rings. The van der Waals surface area contributed by atoms with Crippen LogP contribution in [0.1, 0.15) is 19.3 Å². The lowest BCUT2D eigenvalue weighted by Gasteiger charge is -2.22. The molecule has 1 aliphatic heterocycles. The second-order valence-electron chi connectivity index (χ2n) is 3.48. The topological polar surface area (TPSA) is 32.3 Å². The Morgan fingerprint density at radius 3 is 2.78 bits per heavy atom. The number of hydrogen-bond acceptors (Lipinski definition) is 2. The van der Waals surface area contributed by atoms with Gasteiger partial charge in [0.15, 0.2) is 0 Å². The van der Waals surface area contributed by atoms with Gasteiger partial charge in [-0.15, -0.1) is 0 Å². The van der Waals surface area contributed by atoms with Crippen molar-refractivity contribution in [2.24, 2.45) is 5.41 Å². The molecule has 2 bridgehead atoms. The molecule has 0 spiro atoms. The molecule has 9 heavy (non-hydrogen) atoms. The lowest BCUT2D eigenvalue weighted by Crippen LogP contribution is -2.31. The molecule has 2 atom stereocenters. The number of fused-ring (bicyclic) bond motifs is 2. The third-order valence-corrected chi connectivity index (χ3v) is 2.80. The van der Waals surface area contributed by atoms with E-state index in [1.165, 1.54) is 19.3 Å². The zero-order valence-corrected chi connectivity index (χ0v) is 5.56. The number of piperidine rings is 1. The number of aliphatic hydroxyl groups excluding tert-OH is 1. The summed E-state index contributed by atoms with van der Waals surface area (Å²) in [5, 5.41) is 12.4. The van der Waals surface area contributed by atoms with Gasteiger partial charge in [-0.1, -0.05) is 0 Å². The lowest BCUT2D eigenvalue weighted by atomic mass is 9.89. The largest absolute Gasteiger partial charge is 0.396 e. The minimum atomic E-state index is 0.296. The Morgan fingerprint density at radius 1 is 1.67 bits per heavy atom. The molecule has 2 nitrogen and oxygen atoms in total. The third kappa shape index (κ3) is 0.700. The van der Waals surface area contributed by atoms with Crippen molar-refractivity contribution in [2.75, 3.05) is 13.2 Å². The van der Waals surface area contributed by atoms with Crippen molar-refractivity contribution < 1.29 is 5.11 Å². The molecule has 2 N–H and O–H groups in total. The second kappa shape index (κ2) is 1.70. The van der Waals surface area contributed by atoms with Gasteiger partial charge in [-0.3, -0.25) is 0 Å². The fourth-order valence-electron chi connectivity index (χ4n) is 2.10. The van der Waals surface area contributed by atoms with E-state index in [0.717, 1.165) is 12.6 Å².